The van der Waals surface area contributed by atoms with Gasteiger partial charge in [0.05, 0.1) is 6.54 Å². The standard InChI is InChI=1S/C13H22N2O2/c1-10(16)11-5-7-15(8-6-11)9-13(17)14(2)12-3-4-12/h11-12H,3-9H2,1-2H3. The number of amides is 1. The number of Topliss-reactive ketones (excluding diaryl/α,β-unsaturated/α-hetero) is 1. The van der Waals surface area contributed by atoms with E-state index in [4.69, 9.17) is 0 Å². The molecule has 0 aromatic heterocycles. The Bertz CT molecular complexity index is 305. The van der Waals surface area contributed by atoms with Gasteiger partial charge in [0.1, 0.15) is 5.78 Å². The number of likely N-dealkylation sites (N-methyl/N-ethyl adjacent to an activating group) is 1. The maximum absolute atomic E-state index is 11.9. The molecule has 2 aliphatic rings. The van der Waals surface area contributed by atoms with Gasteiger partial charge < -0.3 is 4.90 Å². The van der Waals surface area contributed by atoms with E-state index in [1.807, 2.05) is 11.9 Å². The van der Waals surface area contributed by atoms with Crippen LogP contribution in [0.4, 0.5) is 0 Å². The summed E-state index contributed by atoms with van der Waals surface area (Å²) >= 11 is 0. The van der Waals surface area contributed by atoms with E-state index in [1.165, 1.54) is 0 Å². The predicted octanol–water partition coefficient (Wildman–Crippen LogP) is 0.908. The van der Waals surface area contributed by atoms with Crippen LogP contribution in [0.1, 0.15) is 32.6 Å². The topological polar surface area (TPSA) is 40.6 Å². The number of carbonyl (C=O) groups is 2. The Balaban J connectivity index is 1.73. The normalized spacial score (nSPS) is 22.5. The summed E-state index contributed by atoms with van der Waals surface area (Å²) in [7, 11) is 1.91. The summed E-state index contributed by atoms with van der Waals surface area (Å²) < 4.78 is 0. The summed E-state index contributed by atoms with van der Waals surface area (Å²) in [5.41, 5.74) is 0. The average Bonchev–Trinajstić information content (AvgIpc) is 3.12. The molecule has 1 aliphatic heterocycles. The van der Waals surface area contributed by atoms with Crippen LogP contribution in [0.3, 0.4) is 0 Å². The molecule has 0 aromatic carbocycles. The van der Waals surface area contributed by atoms with Gasteiger partial charge >= 0.3 is 0 Å². The largest absolute Gasteiger partial charge is 0.342 e. The fraction of sp³-hybridized carbons (Fsp3) is 0.846. The molecule has 1 amide bonds. The molecule has 1 heterocycles. The van der Waals surface area contributed by atoms with Crippen LogP contribution in [0.25, 0.3) is 0 Å². The minimum absolute atomic E-state index is 0.225. The second-order valence-electron chi connectivity index (χ2n) is 5.40. The highest BCUT2D eigenvalue weighted by Gasteiger charge is 2.31. The van der Waals surface area contributed by atoms with Gasteiger partial charge in [-0.15, -0.1) is 0 Å². The van der Waals surface area contributed by atoms with Crippen molar-refractivity contribution in [3.63, 3.8) is 0 Å². The molecule has 0 spiro atoms. The first kappa shape index (κ1) is 12.6. The first-order valence-corrected chi connectivity index (χ1v) is 6.56. The highest BCUT2D eigenvalue weighted by atomic mass is 16.2. The minimum Gasteiger partial charge on any atom is -0.342 e. The van der Waals surface area contributed by atoms with Gasteiger partial charge in [0.2, 0.25) is 5.91 Å². The number of ketones is 1. The van der Waals surface area contributed by atoms with Gasteiger partial charge in [-0.2, -0.15) is 0 Å². The number of hydrogen-bond donors (Lipinski definition) is 0. The monoisotopic (exact) mass is 238 g/mol. The van der Waals surface area contributed by atoms with Gasteiger partial charge in [-0.05, 0) is 45.7 Å². The van der Waals surface area contributed by atoms with E-state index in [0.29, 0.717) is 18.4 Å². The van der Waals surface area contributed by atoms with E-state index in [9.17, 15) is 9.59 Å². The van der Waals surface area contributed by atoms with Gasteiger partial charge in [0, 0.05) is 19.0 Å². The molecule has 0 N–H and O–H groups in total. The van der Waals surface area contributed by atoms with Gasteiger partial charge in [-0.25, -0.2) is 0 Å². The first-order chi connectivity index (χ1) is 8.08. The van der Waals surface area contributed by atoms with Crippen molar-refractivity contribution in [3.05, 3.63) is 0 Å². The van der Waals surface area contributed by atoms with Crippen molar-refractivity contribution >= 4 is 11.7 Å². The summed E-state index contributed by atoms with van der Waals surface area (Å²) in [5.74, 6) is 0.752. The molecule has 1 saturated heterocycles. The zero-order valence-electron chi connectivity index (χ0n) is 10.8. The molecule has 1 saturated carbocycles. The molecule has 2 fully saturated rings. The van der Waals surface area contributed by atoms with Crippen molar-refractivity contribution in [2.24, 2.45) is 5.92 Å². The highest BCUT2D eigenvalue weighted by molar-refractivity contribution is 5.79. The molecule has 0 unspecified atom stereocenters. The number of rotatable bonds is 4. The van der Waals surface area contributed by atoms with Crippen LogP contribution in [0.15, 0.2) is 0 Å². The third kappa shape index (κ3) is 3.28. The number of nitrogens with zero attached hydrogens (tertiary/aromatic N) is 2. The van der Waals surface area contributed by atoms with Crippen molar-refractivity contribution in [2.75, 3.05) is 26.7 Å². The Morgan fingerprint density at radius 2 is 1.76 bits per heavy atom. The van der Waals surface area contributed by atoms with Crippen LogP contribution in [0, 0.1) is 5.92 Å². The van der Waals surface area contributed by atoms with E-state index in [1.54, 1.807) is 6.92 Å². The highest BCUT2D eigenvalue weighted by Crippen LogP contribution is 2.25. The summed E-state index contributed by atoms with van der Waals surface area (Å²) in [5, 5.41) is 0. The van der Waals surface area contributed by atoms with E-state index in [-0.39, 0.29) is 11.8 Å². The van der Waals surface area contributed by atoms with Crippen LogP contribution in [-0.4, -0.2) is 54.2 Å². The molecule has 96 valence electrons. The van der Waals surface area contributed by atoms with E-state index >= 15 is 0 Å². The lowest BCUT2D eigenvalue weighted by molar-refractivity contribution is -0.132. The summed E-state index contributed by atoms with van der Waals surface area (Å²) in [6.45, 7) is 3.97. The van der Waals surface area contributed by atoms with Crippen LogP contribution in [0.5, 0.6) is 0 Å². The number of piperidine rings is 1. The Labute approximate surface area is 103 Å². The molecule has 0 radical (unpaired) electrons. The Kier molecular flexibility index (Phi) is 3.82. The van der Waals surface area contributed by atoms with Crippen LogP contribution >= 0.6 is 0 Å². The van der Waals surface area contributed by atoms with Crippen molar-refractivity contribution in [1.82, 2.24) is 9.80 Å². The lowest BCUT2D eigenvalue weighted by Gasteiger charge is -2.31. The maximum Gasteiger partial charge on any atom is 0.236 e. The second-order valence-corrected chi connectivity index (χ2v) is 5.40. The fourth-order valence-corrected chi connectivity index (χ4v) is 2.47. The van der Waals surface area contributed by atoms with Crippen LogP contribution in [-0.2, 0) is 9.59 Å². The Hall–Kier alpha value is -0.900. The summed E-state index contributed by atoms with van der Waals surface area (Å²) in [6.07, 6.45) is 4.15. The SMILES string of the molecule is CC(=O)C1CCN(CC(=O)N(C)C2CC2)CC1. The molecule has 4 nitrogen and oxygen atoms in total. The van der Waals surface area contributed by atoms with Crippen molar-refractivity contribution in [3.8, 4) is 0 Å². The van der Waals surface area contributed by atoms with Crippen molar-refractivity contribution < 1.29 is 9.59 Å². The van der Waals surface area contributed by atoms with E-state index in [2.05, 4.69) is 4.90 Å². The molecular formula is C13H22N2O2. The molecule has 17 heavy (non-hydrogen) atoms. The third-order valence-corrected chi connectivity index (χ3v) is 4.01. The molecule has 1 aliphatic carbocycles. The third-order valence-electron chi connectivity index (χ3n) is 4.01. The van der Waals surface area contributed by atoms with Gasteiger partial charge in [0.25, 0.3) is 0 Å². The van der Waals surface area contributed by atoms with E-state index in [0.717, 1.165) is 38.8 Å². The lowest BCUT2D eigenvalue weighted by atomic mass is 9.93. The first-order valence-electron chi connectivity index (χ1n) is 6.56. The van der Waals surface area contributed by atoms with Crippen molar-refractivity contribution in [1.29, 1.82) is 0 Å². The zero-order valence-corrected chi connectivity index (χ0v) is 10.8. The number of carbonyl (C=O) groups excluding carboxylic acids is 2. The predicted molar refractivity (Wildman–Crippen MR) is 65.6 cm³/mol. The minimum atomic E-state index is 0.225. The fourth-order valence-electron chi connectivity index (χ4n) is 2.47. The maximum atomic E-state index is 11.9. The molecule has 4 heteroatoms. The Morgan fingerprint density at radius 1 is 1.18 bits per heavy atom. The van der Waals surface area contributed by atoms with E-state index < -0.39 is 0 Å². The second kappa shape index (κ2) is 5.17. The van der Waals surface area contributed by atoms with Gasteiger partial charge in [-0.1, -0.05) is 0 Å². The smallest absolute Gasteiger partial charge is 0.236 e. The van der Waals surface area contributed by atoms with Crippen LogP contribution < -0.4 is 0 Å². The van der Waals surface area contributed by atoms with Crippen molar-refractivity contribution in [2.45, 2.75) is 38.6 Å². The average molecular weight is 238 g/mol. The molecule has 0 bridgehead atoms. The molecular weight excluding hydrogens is 216 g/mol. The Morgan fingerprint density at radius 3 is 2.24 bits per heavy atom. The quantitative estimate of drug-likeness (QED) is 0.731. The molecule has 0 aromatic rings. The zero-order chi connectivity index (χ0) is 12.4. The summed E-state index contributed by atoms with van der Waals surface area (Å²) in [4.78, 5) is 27.2. The lowest BCUT2D eigenvalue weighted by Crippen LogP contribution is -2.43. The molecule has 0 atom stereocenters. The van der Waals surface area contributed by atoms with Gasteiger partial charge in [0.15, 0.2) is 0 Å². The van der Waals surface area contributed by atoms with Crippen LogP contribution in [0.2, 0.25) is 0 Å². The molecule has 2 rings (SSSR count). The number of hydrogen-bond acceptors (Lipinski definition) is 3. The number of likely N-dealkylation sites (tertiary alicyclic amines) is 1. The summed E-state index contributed by atoms with van der Waals surface area (Å²) in [6, 6.07) is 0.497. The van der Waals surface area contributed by atoms with Gasteiger partial charge in [-0.3, -0.25) is 14.5 Å².